The molecule has 0 radical (unpaired) electrons. The van der Waals surface area contributed by atoms with Crippen molar-refractivity contribution >= 4 is 17.3 Å². The van der Waals surface area contributed by atoms with Crippen LogP contribution in [0.4, 0.5) is 11.4 Å². The average Bonchev–Trinajstić information content (AvgIpc) is 2.80. The SMILES string of the molecule is NC(=O)c1ccc(NCc2cn[nH]c2)c(N)c1. The van der Waals surface area contributed by atoms with E-state index in [9.17, 15) is 4.79 Å². The van der Waals surface area contributed by atoms with Crippen LogP contribution in [0.2, 0.25) is 0 Å². The van der Waals surface area contributed by atoms with Crippen LogP contribution in [0.15, 0.2) is 30.6 Å². The molecule has 0 unspecified atom stereocenters. The highest BCUT2D eigenvalue weighted by Crippen LogP contribution is 2.20. The van der Waals surface area contributed by atoms with Crippen molar-refractivity contribution < 1.29 is 4.79 Å². The fraction of sp³-hybridized carbons (Fsp3) is 0.0909. The number of aromatic amines is 1. The summed E-state index contributed by atoms with van der Waals surface area (Å²) in [5.74, 6) is -0.488. The summed E-state index contributed by atoms with van der Waals surface area (Å²) in [4.78, 5) is 10.9. The first-order valence-electron chi connectivity index (χ1n) is 5.07. The number of hydrogen-bond acceptors (Lipinski definition) is 4. The quantitative estimate of drug-likeness (QED) is 0.580. The Kier molecular flexibility index (Phi) is 2.95. The van der Waals surface area contributed by atoms with E-state index in [2.05, 4.69) is 15.5 Å². The number of nitrogens with two attached hydrogens (primary N) is 2. The molecule has 2 rings (SSSR count). The second-order valence-electron chi connectivity index (χ2n) is 3.63. The van der Waals surface area contributed by atoms with E-state index in [1.165, 1.54) is 0 Å². The van der Waals surface area contributed by atoms with Gasteiger partial charge in [-0.2, -0.15) is 5.10 Å². The molecule has 2 aromatic rings. The van der Waals surface area contributed by atoms with Crippen LogP contribution in [0.1, 0.15) is 15.9 Å². The zero-order valence-electron chi connectivity index (χ0n) is 9.10. The Hall–Kier alpha value is -2.50. The molecule has 1 heterocycles. The van der Waals surface area contributed by atoms with Crippen molar-refractivity contribution in [2.45, 2.75) is 6.54 Å². The molecule has 0 aliphatic heterocycles. The number of nitrogens with one attached hydrogen (secondary N) is 2. The van der Waals surface area contributed by atoms with Gasteiger partial charge in [-0.1, -0.05) is 0 Å². The molecule has 6 N–H and O–H groups in total. The summed E-state index contributed by atoms with van der Waals surface area (Å²) in [7, 11) is 0. The molecule has 1 amide bonds. The minimum Gasteiger partial charge on any atom is -0.397 e. The van der Waals surface area contributed by atoms with Crippen molar-refractivity contribution in [1.29, 1.82) is 0 Å². The molecule has 0 aliphatic carbocycles. The Morgan fingerprint density at radius 2 is 2.29 bits per heavy atom. The van der Waals surface area contributed by atoms with E-state index in [-0.39, 0.29) is 0 Å². The van der Waals surface area contributed by atoms with Gasteiger partial charge in [0.15, 0.2) is 0 Å². The number of nitrogen functional groups attached to an aromatic ring is 1. The number of aromatic nitrogens is 2. The van der Waals surface area contributed by atoms with Gasteiger partial charge in [0.25, 0.3) is 0 Å². The highest BCUT2D eigenvalue weighted by Gasteiger charge is 2.04. The topological polar surface area (TPSA) is 110 Å². The van der Waals surface area contributed by atoms with Crippen molar-refractivity contribution in [2.75, 3.05) is 11.1 Å². The Morgan fingerprint density at radius 3 is 2.88 bits per heavy atom. The van der Waals surface area contributed by atoms with Crippen molar-refractivity contribution in [2.24, 2.45) is 5.73 Å². The maximum Gasteiger partial charge on any atom is 0.248 e. The fourth-order valence-electron chi connectivity index (χ4n) is 1.45. The van der Waals surface area contributed by atoms with Gasteiger partial charge in [-0.15, -0.1) is 0 Å². The molecule has 1 aromatic heterocycles. The van der Waals surface area contributed by atoms with Crippen LogP contribution in [-0.2, 0) is 6.54 Å². The maximum absolute atomic E-state index is 10.9. The standard InChI is InChI=1S/C11H13N5O/c12-9-3-8(11(13)17)1-2-10(9)14-4-7-5-15-16-6-7/h1-3,5-6,14H,4,12H2,(H2,13,17)(H,15,16). The minimum atomic E-state index is -0.488. The number of nitrogens with zero attached hydrogens (tertiary/aromatic N) is 1. The van der Waals surface area contributed by atoms with Crippen LogP contribution in [0.5, 0.6) is 0 Å². The molecule has 6 heteroatoms. The minimum absolute atomic E-state index is 0.399. The van der Waals surface area contributed by atoms with E-state index in [4.69, 9.17) is 11.5 Å². The number of hydrogen-bond donors (Lipinski definition) is 4. The summed E-state index contributed by atoms with van der Waals surface area (Å²) < 4.78 is 0. The van der Waals surface area contributed by atoms with E-state index >= 15 is 0 Å². The third kappa shape index (κ3) is 2.54. The molecule has 0 bridgehead atoms. The van der Waals surface area contributed by atoms with Gasteiger partial charge < -0.3 is 16.8 Å². The van der Waals surface area contributed by atoms with E-state index in [1.54, 1.807) is 30.6 Å². The summed E-state index contributed by atoms with van der Waals surface area (Å²) in [6.45, 7) is 0.608. The number of amides is 1. The van der Waals surface area contributed by atoms with Gasteiger partial charge in [0.05, 0.1) is 17.6 Å². The zero-order chi connectivity index (χ0) is 12.3. The lowest BCUT2D eigenvalue weighted by atomic mass is 10.1. The molecule has 1 aromatic carbocycles. The smallest absolute Gasteiger partial charge is 0.248 e. The van der Waals surface area contributed by atoms with Crippen molar-refractivity contribution in [3.8, 4) is 0 Å². The largest absolute Gasteiger partial charge is 0.397 e. The van der Waals surface area contributed by atoms with Gasteiger partial charge in [-0.25, -0.2) is 0 Å². The van der Waals surface area contributed by atoms with Crippen LogP contribution in [0, 0.1) is 0 Å². The number of benzene rings is 1. The summed E-state index contributed by atoms with van der Waals surface area (Å²) in [6, 6.07) is 4.92. The van der Waals surface area contributed by atoms with Crippen LogP contribution >= 0.6 is 0 Å². The van der Waals surface area contributed by atoms with Gasteiger partial charge in [-0.05, 0) is 18.2 Å². The summed E-state index contributed by atoms with van der Waals surface area (Å²) >= 11 is 0. The van der Waals surface area contributed by atoms with Crippen LogP contribution in [0.3, 0.4) is 0 Å². The van der Waals surface area contributed by atoms with Gasteiger partial charge in [-0.3, -0.25) is 9.89 Å². The highest BCUT2D eigenvalue weighted by atomic mass is 16.1. The fourth-order valence-corrected chi connectivity index (χ4v) is 1.45. The highest BCUT2D eigenvalue weighted by molar-refractivity contribution is 5.94. The number of H-pyrrole nitrogens is 1. The molecular formula is C11H13N5O. The lowest BCUT2D eigenvalue weighted by Crippen LogP contribution is -2.12. The molecule has 88 valence electrons. The molecule has 0 fully saturated rings. The predicted molar refractivity (Wildman–Crippen MR) is 65.3 cm³/mol. The summed E-state index contributed by atoms with van der Waals surface area (Å²) in [5.41, 5.74) is 13.6. The van der Waals surface area contributed by atoms with Crippen molar-refractivity contribution in [3.63, 3.8) is 0 Å². The molecule has 0 spiro atoms. The second kappa shape index (κ2) is 4.56. The monoisotopic (exact) mass is 231 g/mol. The summed E-state index contributed by atoms with van der Waals surface area (Å²) in [5, 5.41) is 9.70. The van der Waals surface area contributed by atoms with E-state index in [1.807, 2.05) is 0 Å². The zero-order valence-corrected chi connectivity index (χ0v) is 9.10. The second-order valence-corrected chi connectivity index (χ2v) is 3.63. The lowest BCUT2D eigenvalue weighted by molar-refractivity contribution is 0.100. The Balaban J connectivity index is 2.09. The first-order valence-corrected chi connectivity index (χ1v) is 5.07. The molecule has 6 nitrogen and oxygen atoms in total. The Morgan fingerprint density at radius 1 is 1.47 bits per heavy atom. The first kappa shape index (κ1) is 11.0. The molecule has 0 atom stereocenters. The third-order valence-electron chi connectivity index (χ3n) is 2.37. The van der Waals surface area contributed by atoms with Crippen LogP contribution in [-0.4, -0.2) is 16.1 Å². The molecule has 0 aliphatic rings. The number of anilines is 2. The van der Waals surface area contributed by atoms with E-state index in [0.29, 0.717) is 17.8 Å². The average molecular weight is 231 g/mol. The number of carbonyl (C=O) groups excluding carboxylic acids is 1. The predicted octanol–water partition coefficient (Wildman–Crippen LogP) is 0.703. The lowest BCUT2D eigenvalue weighted by Gasteiger charge is -2.08. The number of primary amides is 1. The molecule has 0 saturated heterocycles. The summed E-state index contributed by atoms with van der Waals surface area (Å²) in [6.07, 6.45) is 3.52. The Bertz CT molecular complexity index is 521. The molecule has 17 heavy (non-hydrogen) atoms. The number of carbonyl (C=O) groups is 1. The van der Waals surface area contributed by atoms with Gasteiger partial charge in [0, 0.05) is 23.9 Å². The first-order chi connectivity index (χ1) is 8.16. The van der Waals surface area contributed by atoms with Gasteiger partial charge >= 0.3 is 0 Å². The van der Waals surface area contributed by atoms with Crippen molar-refractivity contribution in [3.05, 3.63) is 41.7 Å². The Labute approximate surface area is 98.0 Å². The maximum atomic E-state index is 10.9. The van der Waals surface area contributed by atoms with E-state index in [0.717, 1.165) is 11.3 Å². The number of rotatable bonds is 4. The third-order valence-corrected chi connectivity index (χ3v) is 2.37. The van der Waals surface area contributed by atoms with E-state index < -0.39 is 5.91 Å². The normalized spacial score (nSPS) is 10.1. The van der Waals surface area contributed by atoms with Gasteiger partial charge in [0.1, 0.15) is 0 Å². The molecule has 0 saturated carbocycles. The van der Waals surface area contributed by atoms with Crippen LogP contribution < -0.4 is 16.8 Å². The van der Waals surface area contributed by atoms with Gasteiger partial charge in [0.2, 0.25) is 5.91 Å². The van der Waals surface area contributed by atoms with Crippen LogP contribution in [0.25, 0.3) is 0 Å². The molecular weight excluding hydrogens is 218 g/mol. The van der Waals surface area contributed by atoms with Crippen molar-refractivity contribution in [1.82, 2.24) is 10.2 Å².